The lowest BCUT2D eigenvalue weighted by Gasteiger charge is -2.54. The molecule has 0 bridgehead atoms. The molecule has 2 saturated heterocycles. The van der Waals surface area contributed by atoms with E-state index in [1.807, 2.05) is 0 Å². The first-order valence-corrected chi connectivity index (χ1v) is 8.96. The predicted octanol–water partition coefficient (Wildman–Crippen LogP) is 2.59. The molecule has 28 heavy (non-hydrogen) atoms. The molecule has 0 unspecified atom stereocenters. The molecule has 2 N–H and O–H groups in total. The Bertz CT molecular complexity index is 1010. The topological polar surface area (TPSA) is 88.2 Å². The summed E-state index contributed by atoms with van der Waals surface area (Å²) in [5.74, 6) is 1.71. The molecule has 5 rings (SSSR count). The van der Waals surface area contributed by atoms with Gasteiger partial charge in [0.2, 0.25) is 5.95 Å². The van der Waals surface area contributed by atoms with E-state index in [2.05, 4.69) is 30.4 Å². The van der Waals surface area contributed by atoms with Crippen LogP contribution in [0.3, 0.4) is 0 Å². The van der Waals surface area contributed by atoms with Crippen molar-refractivity contribution in [2.45, 2.75) is 0 Å². The number of hydrogen-bond donors (Lipinski definition) is 2. The van der Waals surface area contributed by atoms with Gasteiger partial charge in [0.05, 0.1) is 31.4 Å². The van der Waals surface area contributed by atoms with Crippen molar-refractivity contribution in [2.75, 3.05) is 43.6 Å². The Morgan fingerprint density at radius 1 is 1.21 bits per heavy atom. The van der Waals surface area contributed by atoms with E-state index >= 15 is 0 Å². The fourth-order valence-electron chi connectivity index (χ4n) is 3.55. The van der Waals surface area contributed by atoms with Crippen molar-refractivity contribution in [2.24, 2.45) is 5.41 Å². The SMILES string of the molecule is COc1ccc(-c2cc(Nc3ccnc(N4CC5(COC5)C4)n3)n[nH]2)cc1F. The first-order valence-electron chi connectivity index (χ1n) is 8.96. The number of nitrogens with zero attached hydrogens (tertiary/aromatic N) is 4. The lowest BCUT2D eigenvalue weighted by Crippen LogP contribution is -2.66. The predicted molar refractivity (Wildman–Crippen MR) is 101 cm³/mol. The van der Waals surface area contributed by atoms with Crippen LogP contribution >= 0.6 is 0 Å². The fourth-order valence-corrected chi connectivity index (χ4v) is 3.55. The molecule has 9 heteroatoms. The van der Waals surface area contributed by atoms with Gasteiger partial charge >= 0.3 is 0 Å². The lowest BCUT2D eigenvalue weighted by molar-refractivity contribution is -0.127. The summed E-state index contributed by atoms with van der Waals surface area (Å²) in [6.07, 6.45) is 1.72. The molecule has 0 aliphatic carbocycles. The molecule has 2 fully saturated rings. The number of benzene rings is 1. The van der Waals surface area contributed by atoms with Gasteiger partial charge in [-0.3, -0.25) is 5.10 Å². The van der Waals surface area contributed by atoms with Crippen LogP contribution in [-0.4, -0.2) is 53.6 Å². The second kappa shape index (κ2) is 6.45. The summed E-state index contributed by atoms with van der Waals surface area (Å²) in [6.45, 7) is 3.49. The average Bonchev–Trinajstić information content (AvgIpc) is 3.08. The molecule has 4 heterocycles. The van der Waals surface area contributed by atoms with Gasteiger partial charge in [-0.05, 0) is 24.3 Å². The van der Waals surface area contributed by atoms with E-state index in [1.54, 1.807) is 30.5 Å². The highest BCUT2D eigenvalue weighted by atomic mass is 19.1. The Kier molecular flexibility index (Phi) is 3.90. The van der Waals surface area contributed by atoms with Crippen molar-refractivity contribution < 1.29 is 13.9 Å². The van der Waals surface area contributed by atoms with Gasteiger partial charge in [0.15, 0.2) is 17.4 Å². The standard InChI is InChI=1S/C19H19FN6O2/c1-27-15-3-2-12(6-13(15)20)14-7-17(25-24-14)22-16-4-5-21-18(23-16)26-8-19(9-26)10-28-11-19/h2-7H,8-11H2,1H3,(H2,21,22,23,24,25). The number of methoxy groups -OCH3 is 1. The summed E-state index contributed by atoms with van der Waals surface area (Å²) in [5.41, 5.74) is 1.67. The maximum absolute atomic E-state index is 13.9. The molecule has 0 saturated carbocycles. The van der Waals surface area contributed by atoms with Crippen molar-refractivity contribution in [3.05, 3.63) is 42.3 Å². The summed E-state index contributed by atoms with van der Waals surface area (Å²) in [5, 5.41) is 10.3. The summed E-state index contributed by atoms with van der Waals surface area (Å²) in [7, 11) is 1.44. The summed E-state index contributed by atoms with van der Waals surface area (Å²) < 4.78 is 24.2. The van der Waals surface area contributed by atoms with Gasteiger partial charge < -0.3 is 19.7 Å². The molecule has 2 aliphatic rings. The molecular weight excluding hydrogens is 363 g/mol. The number of aromatic amines is 1. The number of aromatic nitrogens is 4. The molecule has 0 atom stereocenters. The van der Waals surface area contributed by atoms with Gasteiger partial charge in [-0.2, -0.15) is 10.1 Å². The summed E-state index contributed by atoms with van der Waals surface area (Å²) in [4.78, 5) is 11.1. The van der Waals surface area contributed by atoms with Gasteiger partial charge in [0.1, 0.15) is 5.82 Å². The third-order valence-electron chi connectivity index (χ3n) is 5.09. The van der Waals surface area contributed by atoms with Crippen LogP contribution in [0.4, 0.5) is 22.0 Å². The van der Waals surface area contributed by atoms with Crippen LogP contribution in [0.15, 0.2) is 36.5 Å². The van der Waals surface area contributed by atoms with E-state index in [0.29, 0.717) is 34.3 Å². The number of nitrogens with one attached hydrogen (secondary N) is 2. The Morgan fingerprint density at radius 2 is 2.07 bits per heavy atom. The van der Waals surface area contributed by atoms with Crippen molar-refractivity contribution >= 4 is 17.6 Å². The van der Waals surface area contributed by atoms with E-state index < -0.39 is 5.82 Å². The molecule has 2 aromatic heterocycles. The first-order chi connectivity index (χ1) is 13.6. The lowest BCUT2D eigenvalue weighted by atomic mass is 9.78. The van der Waals surface area contributed by atoms with Gasteiger partial charge in [-0.15, -0.1) is 0 Å². The quantitative estimate of drug-likeness (QED) is 0.701. The van der Waals surface area contributed by atoms with E-state index in [9.17, 15) is 4.39 Å². The Morgan fingerprint density at radius 3 is 2.79 bits per heavy atom. The molecule has 0 radical (unpaired) electrons. The molecule has 1 aromatic carbocycles. The summed E-state index contributed by atoms with van der Waals surface area (Å²) >= 11 is 0. The number of halogens is 1. The highest BCUT2D eigenvalue weighted by molar-refractivity contribution is 5.66. The highest BCUT2D eigenvalue weighted by Crippen LogP contribution is 2.39. The molecule has 8 nitrogen and oxygen atoms in total. The van der Waals surface area contributed by atoms with Crippen LogP contribution in [0.5, 0.6) is 5.75 Å². The number of anilines is 3. The maximum atomic E-state index is 13.9. The average molecular weight is 382 g/mol. The fraction of sp³-hybridized carbons (Fsp3) is 0.316. The second-order valence-corrected chi connectivity index (χ2v) is 7.23. The molecule has 144 valence electrons. The molecule has 2 aliphatic heterocycles. The number of H-pyrrole nitrogens is 1. The van der Waals surface area contributed by atoms with Crippen molar-refractivity contribution in [1.82, 2.24) is 20.2 Å². The van der Waals surface area contributed by atoms with E-state index in [0.717, 1.165) is 26.3 Å². The second-order valence-electron chi connectivity index (χ2n) is 7.23. The van der Waals surface area contributed by atoms with Crippen molar-refractivity contribution in [1.29, 1.82) is 0 Å². The van der Waals surface area contributed by atoms with Crippen LogP contribution in [0.25, 0.3) is 11.3 Å². The van der Waals surface area contributed by atoms with Gasteiger partial charge in [0.25, 0.3) is 0 Å². The number of hydrogen-bond acceptors (Lipinski definition) is 7. The summed E-state index contributed by atoms with van der Waals surface area (Å²) in [6, 6.07) is 8.34. The van der Waals surface area contributed by atoms with Crippen LogP contribution in [-0.2, 0) is 4.74 Å². The van der Waals surface area contributed by atoms with Crippen molar-refractivity contribution in [3.8, 4) is 17.0 Å². The smallest absolute Gasteiger partial charge is 0.227 e. The minimum absolute atomic E-state index is 0.205. The number of rotatable bonds is 5. The monoisotopic (exact) mass is 382 g/mol. The van der Waals surface area contributed by atoms with Crippen molar-refractivity contribution in [3.63, 3.8) is 0 Å². The van der Waals surface area contributed by atoms with Crippen LogP contribution in [0.2, 0.25) is 0 Å². The number of ether oxygens (including phenoxy) is 2. The third-order valence-corrected chi connectivity index (χ3v) is 5.09. The molecule has 3 aromatic rings. The van der Waals surface area contributed by atoms with Crippen LogP contribution < -0.4 is 15.0 Å². The van der Waals surface area contributed by atoms with E-state index in [4.69, 9.17) is 9.47 Å². The van der Waals surface area contributed by atoms with Gasteiger partial charge in [-0.25, -0.2) is 9.37 Å². The zero-order valence-corrected chi connectivity index (χ0v) is 15.3. The zero-order valence-electron chi connectivity index (χ0n) is 15.3. The van der Waals surface area contributed by atoms with Gasteiger partial charge in [0, 0.05) is 30.9 Å². The highest BCUT2D eigenvalue weighted by Gasteiger charge is 2.49. The largest absolute Gasteiger partial charge is 0.494 e. The van der Waals surface area contributed by atoms with E-state index in [1.165, 1.54) is 13.2 Å². The first kappa shape index (κ1) is 16.9. The van der Waals surface area contributed by atoms with Crippen LogP contribution in [0.1, 0.15) is 0 Å². The molecule has 0 amide bonds. The van der Waals surface area contributed by atoms with E-state index in [-0.39, 0.29) is 5.75 Å². The molecular formula is C19H19FN6O2. The third kappa shape index (κ3) is 2.93. The Labute approximate surface area is 160 Å². The normalized spacial score (nSPS) is 17.1. The van der Waals surface area contributed by atoms with Gasteiger partial charge in [-0.1, -0.05) is 0 Å². The molecule has 1 spiro atoms. The minimum Gasteiger partial charge on any atom is -0.494 e. The zero-order chi connectivity index (χ0) is 19.1. The maximum Gasteiger partial charge on any atom is 0.227 e. The van der Waals surface area contributed by atoms with Crippen LogP contribution in [0, 0.1) is 11.2 Å². The Hall–Kier alpha value is -3.20. The minimum atomic E-state index is -0.422. The Balaban J connectivity index is 1.29.